The summed E-state index contributed by atoms with van der Waals surface area (Å²) in [6, 6.07) is 13.3. The Morgan fingerprint density at radius 1 is 1.22 bits per heavy atom. The Kier molecular flexibility index (Phi) is 4.55. The van der Waals surface area contributed by atoms with Crippen molar-refractivity contribution in [3.8, 4) is 17.1 Å². The van der Waals surface area contributed by atoms with Crippen LogP contribution >= 0.6 is 11.3 Å². The summed E-state index contributed by atoms with van der Waals surface area (Å²) in [5.74, 6) is 0.328. The molecule has 0 saturated heterocycles. The maximum Gasteiger partial charge on any atom is 0.348 e. The molecule has 0 N–H and O–H groups in total. The van der Waals surface area contributed by atoms with E-state index in [-0.39, 0.29) is 18.3 Å². The van der Waals surface area contributed by atoms with Gasteiger partial charge in [-0.15, -0.1) is 11.3 Å². The minimum Gasteiger partial charge on any atom is -0.497 e. The molecule has 8 heteroatoms. The number of hydrogen-bond acceptors (Lipinski definition) is 7. The van der Waals surface area contributed by atoms with Crippen LogP contribution in [0.4, 0.5) is 4.39 Å². The number of halogens is 1. The summed E-state index contributed by atoms with van der Waals surface area (Å²) in [6.45, 7) is -0.168. The normalized spacial score (nSPS) is 10.9. The number of carbonyl (C=O) groups is 1. The lowest BCUT2D eigenvalue weighted by atomic mass is 10.2. The van der Waals surface area contributed by atoms with Gasteiger partial charge in [-0.2, -0.15) is 4.98 Å². The monoisotopic (exact) mass is 384 g/mol. The Balaban J connectivity index is 1.44. The van der Waals surface area contributed by atoms with Crippen LogP contribution in [-0.2, 0) is 11.3 Å². The summed E-state index contributed by atoms with van der Waals surface area (Å²) in [7, 11) is 1.58. The van der Waals surface area contributed by atoms with Gasteiger partial charge in [0.2, 0.25) is 5.82 Å². The van der Waals surface area contributed by atoms with E-state index in [0.717, 1.165) is 11.3 Å². The van der Waals surface area contributed by atoms with Crippen LogP contribution in [0.5, 0.6) is 5.75 Å². The molecule has 0 unspecified atom stereocenters. The number of methoxy groups -OCH3 is 1. The van der Waals surface area contributed by atoms with Gasteiger partial charge in [0.1, 0.15) is 16.4 Å². The van der Waals surface area contributed by atoms with Crippen molar-refractivity contribution in [3.05, 3.63) is 65.1 Å². The average Bonchev–Trinajstić information content (AvgIpc) is 3.34. The molecular formula is C19H13FN2O4S. The molecular weight excluding hydrogens is 371 g/mol. The van der Waals surface area contributed by atoms with Crippen LogP contribution in [-0.4, -0.2) is 23.2 Å². The van der Waals surface area contributed by atoms with E-state index in [1.165, 1.54) is 23.5 Å². The van der Waals surface area contributed by atoms with Crippen molar-refractivity contribution in [2.24, 2.45) is 0 Å². The van der Waals surface area contributed by atoms with E-state index < -0.39 is 5.97 Å². The predicted octanol–water partition coefficient (Wildman–Crippen LogP) is 4.46. The van der Waals surface area contributed by atoms with Gasteiger partial charge in [-0.3, -0.25) is 0 Å². The molecule has 2 aromatic carbocycles. The Morgan fingerprint density at radius 2 is 2.04 bits per heavy atom. The highest BCUT2D eigenvalue weighted by atomic mass is 32.1. The molecule has 0 spiro atoms. The van der Waals surface area contributed by atoms with E-state index in [9.17, 15) is 9.18 Å². The quantitative estimate of drug-likeness (QED) is 0.473. The number of benzene rings is 2. The second-order valence-corrected chi connectivity index (χ2v) is 6.66. The lowest BCUT2D eigenvalue weighted by Gasteiger charge is -1.99. The number of carbonyl (C=O) groups excluding carboxylic acids is 1. The highest BCUT2D eigenvalue weighted by Crippen LogP contribution is 2.28. The minimum atomic E-state index is -0.570. The van der Waals surface area contributed by atoms with E-state index in [0.29, 0.717) is 20.8 Å². The van der Waals surface area contributed by atoms with Crippen molar-refractivity contribution in [2.75, 3.05) is 7.11 Å². The van der Waals surface area contributed by atoms with Crippen LogP contribution in [0.3, 0.4) is 0 Å². The van der Waals surface area contributed by atoms with Crippen LogP contribution in [0.2, 0.25) is 0 Å². The topological polar surface area (TPSA) is 74.5 Å². The van der Waals surface area contributed by atoms with Crippen LogP contribution in [0, 0.1) is 5.82 Å². The number of ether oxygens (including phenoxy) is 2. The Labute approximate surface area is 157 Å². The fourth-order valence-electron chi connectivity index (χ4n) is 2.50. The second kappa shape index (κ2) is 7.16. The fourth-order valence-corrected chi connectivity index (χ4v) is 3.46. The smallest absolute Gasteiger partial charge is 0.348 e. The molecule has 0 radical (unpaired) electrons. The molecule has 27 heavy (non-hydrogen) atoms. The van der Waals surface area contributed by atoms with Crippen molar-refractivity contribution in [1.29, 1.82) is 0 Å². The van der Waals surface area contributed by atoms with E-state index in [4.69, 9.17) is 14.0 Å². The third kappa shape index (κ3) is 3.52. The van der Waals surface area contributed by atoms with Crippen molar-refractivity contribution >= 4 is 27.4 Å². The van der Waals surface area contributed by atoms with Crippen LogP contribution in [0.15, 0.2) is 53.1 Å². The molecule has 136 valence electrons. The van der Waals surface area contributed by atoms with E-state index in [1.54, 1.807) is 43.5 Å². The Morgan fingerprint density at radius 3 is 2.78 bits per heavy atom. The molecule has 4 rings (SSSR count). The molecule has 0 saturated carbocycles. The highest BCUT2D eigenvalue weighted by molar-refractivity contribution is 7.20. The Bertz CT molecular complexity index is 1100. The second-order valence-electron chi connectivity index (χ2n) is 5.58. The number of fused-ring (bicyclic) bond motifs is 1. The molecule has 2 heterocycles. The third-order valence-electron chi connectivity index (χ3n) is 3.85. The summed E-state index contributed by atoms with van der Waals surface area (Å²) in [6.07, 6.45) is 0. The predicted molar refractivity (Wildman–Crippen MR) is 97.2 cm³/mol. The molecule has 0 fully saturated rings. The van der Waals surface area contributed by atoms with Gasteiger partial charge in [-0.05, 0) is 42.5 Å². The fraction of sp³-hybridized carbons (Fsp3) is 0.105. The van der Waals surface area contributed by atoms with Crippen molar-refractivity contribution in [2.45, 2.75) is 6.61 Å². The van der Waals surface area contributed by atoms with Crippen molar-refractivity contribution in [1.82, 2.24) is 10.1 Å². The minimum absolute atomic E-state index is 0.168. The SMILES string of the molecule is COc1ccc(-c2noc(COC(=O)c3cc4c(F)cccc4s3)n2)cc1. The van der Waals surface area contributed by atoms with Crippen molar-refractivity contribution in [3.63, 3.8) is 0 Å². The lowest BCUT2D eigenvalue weighted by Crippen LogP contribution is -2.03. The largest absolute Gasteiger partial charge is 0.497 e. The number of rotatable bonds is 5. The van der Waals surface area contributed by atoms with E-state index in [2.05, 4.69) is 10.1 Å². The summed E-state index contributed by atoms with van der Waals surface area (Å²) in [5, 5.41) is 4.27. The third-order valence-corrected chi connectivity index (χ3v) is 4.93. The molecule has 0 bridgehead atoms. The number of hydrogen-bond donors (Lipinski definition) is 0. The first-order valence-corrected chi connectivity index (χ1v) is 8.78. The van der Waals surface area contributed by atoms with Gasteiger partial charge in [-0.1, -0.05) is 11.2 Å². The summed E-state index contributed by atoms with van der Waals surface area (Å²) in [4.78, 5) is 16.7. The van der Waals surface area contributed by atoms with Crippen LogP contribution < -0.4 is 4.74 Å². The number of nitrogens with zero attached hydrogens (tertiary/aromatic N) is 2. The average molecular weight is 384 g/mol. The van der Waals surface area contributed by atoms with Gasteiger partial charge in [0, 0.05) is 15.6 Å². The maximum absolute atomic E-state index is 13.7. The highest BCUT2D eigenvalue weighted by Gasteiger charge is 2.16. The van der Waals surface area contributed by atoms with E-state index >= 15 is 0 Å². The Hall–Kier alpha value is -3.26. The standard InChI is InChI=1S/C19H13FN2O4S/c1-24-12-7-5-11(6-8-12)18-21-17(26-22-18)10-25-19(23)16-9-13-14(20)3-2-4-15(13)27-16/h2-9H,10H2,1H3. The molecule has 2 aromatic heterocycles. The molecule has 0 aliphatic rings. The van der Waals surface area contributed by atoms with Gasteiger partial charge < -0.3 is 14.0 Å². The zero-order valence-electron chi connectivity index (χ0n) is 14.1. The van der Waals surface area contributed by atoms with Gasteiger partial charge in [0.05, 0.1) is 7.11 Å². The summed E-state index contributed by atoms with van der Waals surface area (Å²) >= 11 is 1.17. The van der Waals surface area contributed by atoms with E-state index in [1.807, 2.05) is 0 Å². The van der Waals surface area contributed by atoms with Gasteiger partial charge in [0.25, 0.3) is 5.89 Å². The number of esters is 1. The zero-order chi connectivity index (χ0) is 18.8. The van der Waals surface area contributed by atoms with Gasteiger partial charge in [0.15, 0.2) is 6.61 Å². The first-order chi connectivity index (χ1) is 13.1. The molecule has 0 amide bonds. The number of thiophene rings is 1. The molecule has 4 aromatic rings. The maximum atomic E-state index is 13.7. The molecule has 0 atom stereocenters. The lowest BCUT2D eigenvalue weighted by molar-refractivity contribution is 0.0435. The number of aromatic nitrogens is 2. The van der Waals surface area contributed by atoms with Crippen molar-refractivity contribution < 1.29 is 23.2 Å². The molecule has 0 aliphatic carbocycles. The van der Waals surface area contributed by atoms with Crippen LogP contribution in [0.25, 0.3) is 21.5 Å². The molecule has 0 aliphatic heterocycles. The summed E-state index contributed by atoms with van der Waals surface area (Å²) in [5.41, 5.74) is 0.747. The molecule has 6 nitrogen and oxygen atoms in total. The zero-order valence-corrected chi connectivity index (χ0v) is 15.0. The first kappa shape index (κ1) is 17.2. The van der Waals surface area contributed by atoms with Gasteiger partial charge >= 0.3 is 5.97 Å². The summed E-state index contributed by atoms with van der Waals surface area (Å²) < 4.78 is 29.8. The van der Waals surface area contributed by atoms with Gasteiger partial charge in [-0.25, -0.2) is 9.18 Å². The van der Waals surface area contributed by atoms with Crippen LogP contribution in [0.1, 0.15) is 15.6 Å². The first-order valence-electron chi connectivity index (χ1n) is 7.96.